The molecule has 102 valence electrons. The zero-order valence-corrected chi connectivity index (χ0v) is 13.0. The highest BCUT2D eigenvalue weighted by molar-refractivity contribution is 7.12. The Morgan fingerprint density at radius 3 is 2.55 bits per heavy atom. The largest absolute Gasteiger partial charge is 0.334 e. The molecule has 0 N–H and O–H groups in total. The van der Waals surface area contributed by atoms with Crippen LogP contribution in [-0.4, -0.2) is 9.78 Å². The third kappa shape index (κ3) is 2.04. The van der Waals surface area contributed by atoms with Gasteiger partial charge in [0.2, 0.25) is 5.69 Å². The summed E-state index contributed by atoms with van der Waals surface area (Å²) in [6.07, 6.45) is 2.08. The van der Waals surface area contributed by atoms with Crippen molar-refractivity contribution in [1.82, 2.24) is 9.78 Å². The van der Waals surface area contributed by atoms with E-state index in [0.29, 0.717) is 0 Å². The van der Waals surface area contributed by atoms with Crippen molar-refractivity contribution in [3.05, 3.63) is 41.5 Å². The average molecular weight is 286 g/mol. The summed E-state index contributed by atoms with van der Waals surface area (Å²) in [5.41, 5.74) is 4.54. The molecule has 20 heavy (non-hydrogen) atoms. The lowest BCUT2D eigenvalue weighted by Crippen LogP contribution is -2.38. The molecule has 0 aromatic carbocycles. The quantitative estimate of drug-likeness (QED) is 0.659. The zero-order valence-electron chi connectivity index (χ0n) is 12.2. The van der Waals surface area contributed by atoms with E-state index in [1.54, 1.807) is 11.3 Å². The van der Waals surface area contributed by atoms with Crippen LogP contribution in [0.25, 0.3) is 22.1 Å². The molecule has 3 aromatic rings. The van der Waals surface area contributed by atoms with Gasteiger partial charge in [-0.2, -0.15) is 14.2 Å². The summed E-state index contributed by atoms with van der Waals surface area (Å²) in [4.78, 5) is 0. The molecule has 0 radical (unpaired) electrons. The molecule has 0 aliphatic carbocycles. The highest BCUT2D eigenvalue weighted by atomic mass is 32.1. The molecule has 0 fully saturated rings. The van der Waals surface area contributed by atoms with E-state index in [4.69, 9.17) is 0 Å². The third-order valence-electron chi connectivity index (χ3n) is 3.50. The van der Waals surface area contributed by atoms with Gasteiger partial charge in [0.1, 0.15) is 19.8 Å². The smallest absolute Gasteiger partial charge is 0.262 e. The molecule has 5 heteroatoms. The van der Waals surface area contributed by atoms with E-state index in [9.17, 15) is 0 Å². The van der Waals surface area contributed by atoms with E-state index in [-0.39, 0.29) is 0 Å². The summed E-state index contributed by atoms with van der Waals surface area (Å²) in [6.45, 7) is 2.02. The molecule has 0 unspecified atom stereocenters. The fourth-order valence-electron chi connectivity index (χ4n) is 2.48. The number of hydrogen-bond acceptors (Lipinski definition) is 2. The molecular formula is C15H18N4S+2. The fraction of sp³-hybridized carbons (Fsp3) is 0.267. The Labute approximate surface area is 122 Å². The van der Waals surface area contributed by atoms with Crippen LogP contribution in [0.4, 0.5) is 0 Å². The van der Waals surface area contributed by atoms with Crippen LogP contribution in [0.2, 0.25) is 0 Å². The first-order valence-electron chi connectivity index (χ1n) is 6.51. The van der Waals surface area contributed by atoms with Crippen molar-refractivity contribution in [3.8, 4) is 22.1 Å². The van der Waals surface area contributed by atoms with Gasteiger partial charge in [0, 0.05) is 19.2 Å². The van der Waals surface area contributed by atoms with Gasteiger partial charge in [0.05, 0.1) is 11.1 Å². The maximum Gasteiger partial charge on any atom is 0.334 e. The Hall–Kier alpha value is -2.01. The van der Waals surface area contributed by atoms with Gasteiger partial charge in [-0.3, -0.25) is 4.68 Å². The van der Waals surface area contributed by atoms with Crippen LogP contribution in [0.5, 0.6) is 0 Å². The molecule has 0 saturated carbocycles. The van der Waals surface area contributed by atoms with Crippen LogP contribution in [0.3, 0.4) is 0 Å². The van der Waals surface area contributed by atoms with Crippen LogP contribution in [0.1, 0.15) is 5.69 Å². The minimum absolute atomic E-state index is 1.04. The van der Waals surface area contributed by atoms with Crippen molar-refractivity contribution in [2.24, 2.45) is 21.1 Å². The monoisotopic (exact) mass is 286 g/mol. The normalized spacial score (nSPS) is 11.0. The lowest BCUT2D eigenvalue weighted by Gasteiger charge is -2.02. The third-order valence-corrected chi connectivity index (χ3v) is 4.48. The summed E-state index contributed by atoms with van der Waals surface area (Å²) < 4.78 is 6.31. The topological polar surface area (TPSA) is 25.6 Å². The predicted molar refractivity (Wildman–Crippen MR) is 79.0 cm³/mol. The van der Waals surface area contributed by atoms with E-state index >= 15 is 0 Å². The van der Waals surface area contributed by atoms with E-state index in [1.807, 2.05) is 18.7 Å². The molecule has 0 spiro atoms. The molecule has 0 amide bonds. The number of aromatic nitrogens is 4. The van der Waals surface area contributed by atoms with Crippen molar-refractivity contribution in [1.29, 1.82) is 0 Å². The van der Waals surface area contributed by atoms with Gasteiger partial charge < -0.3 is 0 Å². The van der Waals surface area contributed by atoms with E-state index in [0.717, 1.165) is 11.4 Å². The van der Waals surface area contributed by atoms with Gasteiger partial charge >= 0.3 is 5.01 Å². The molecule has 0 bridgehead atoms. The molecule has 3 rings (SSSR count). The first-order valence-corrected chi connectivity index (χ1v) is 7.39. The number of pyridine rings is 1. The van der Waals surface area contributed by atoms with Gasteiger partial charge in [0.25, 0.3) is 5.69 Å². The standard InChI is InChI=1S/C15H18N4S/c1-11-10-14(19(4)16-11)12-6-5-7-13(18(12)3)15-17(2)8-9-20-15/h5-10H,1-4H3/q+2. The minimum atomic E-state index is 1.04. The first kappa shape index (κ1) is 13.0. The van der Waals surface area contributed by atoms with Gasteiger partial charge in [-0.1, -0.05) is 11.3 Å². The number of rotatable bonds is 2. The molecule has 0 aliphatic rings. The number of aryl methyl sites for hydroxylation is 3. The van der Waals surface area contributed by atoms with Crippen molar-refractivity contribution < 1.29 is 9.13 Å². The zero-order chi connectivity index (χ0) is 14.3. The average Bonchev–Trinajstić information content (AvgIpc) is 2.96. The molecular weight excluding hydrogens is 268 g/mol. The summed E-state index contributed by atoms with van der Waals surface area (Å²) >= 11 is 1.75. The Kier molecular flexibility index (Phi) is 3.14. The first-order chi connectivity index (χ1) is 9.58. The van der Waals surface area contributed by atoms with Crippen molar-refractivity contribution in [2.75, 3.05) is 0 Å². The second-order valence-electron chi connectivity index (χ2n) is 4.97. The number of thiazole rings is 1. The van der Waals surface area contributed by atoms with Gasteiger partial charge in [-0.15, -0.1) is 0 Å². The highest BCUT2D eigenvalue weighted by Gasteiger charge is 2.25. The second-order valence-corrected chi connectivity index (χ2v) is 5.86. The summed E-state index contributed by atoms with van der Waals surface area (Å²) in [7, 11) is 6.17. The summed E-state index contributed by atoms with van der Waals surface area (Å²) in [6, 6.07) is 8.51. The van der Waals surface area contributed by atoms with Gasteiger partial charge in [-0.05, 0) is 19.1 Å². The van der Waals surface area contributed by atoms with Crippen LogP contribution in [-0.2, 0) is 21.1 Å². The van der Waals surface area contributed by atoms with Gasteiger partial charge in [0.15, 0.2) is 6.20 Å². The molecule has 0 saturated heterocycles. The van der Waals surface area contributed by atoms with Crippen LogP contribution < -0.4 is 9.13 Å². The van der Waals surface area contributed by atoms with Crippen molar-refractivity contribution >= 4 is 11.3 Å². The Morgan fingerprint density at radius 1 is 1.20 bits per heavy atom. The van der Waals surface area contributed by atoms with Crippen LogP contribution >= 0.6 is 11.3 Å². The maximum absolute atomic E-state index is 4.44. The fourth-order valence-corrected chi connectivity index (χ4v) is 3.41. The van der Waals surface area contributed by atoms with E-state index < -0.39 is 0 Å². The Bertz CT molecular complexity index is 770. The van der Waals surface area contributed by atoms with Crippen LogP contribution in [0.15, 0.2) is 35.8 Å². The van der Waals surface area contributed by atoms with E-state index in [2.05, 4.69) is 64.2 Å². The SMILES string of the molecule is Cc1cc(-c2cccc(-c3scc[n+]3C)[n+]2C)n(C)n1. The molecule has 4 nitrogen and oxygen atoms in total. The van der Waals surface area contributed by atoms with Crippen molar-refractivity contribution in [2.45, 2.75) is 6.92 Å². The van der Waals surface area contributed by atoms with Crippen molar-refractivity contribution in [3.63, 3.8) is 0 Å². The Balaban J connectivity index is 2.20. The summed E-state index contributed by atoms with van der Waals surface area (Å²) in [5.74, 6) is 0. The minimum Gasteiger partial charge on any atom is -0.262 e. The predicted octanol–water partition coefficient (Wildman–Crippen LogP) is 1.77. The van der Waals surface area contributed by atoms with Gasteiger partial charge in [-0.25, -0.2) is 0 Å². The van der Waals surface area contributed by atoms with E-state index in [1.165, 1.54) is 16.4 Å². The maximum atomic E-state index is 4.44. The molecule has 3 aromatic heterocycles. The highest BCUT2D eigenvalue weighted by Crippen LogP contribution is 2.21. The second kappa shape index (κ2) is 4.83. The van der Waals surface area contributed by atoms with Crippen LogP contribution in [0, 0.1) is 6.92 Å². The Morgan fingerprint density at radius 2 is 1.95 bits per heavy atom. The molecule has 0 aliphatic heterocycles. The summed E-state index contributed by atoms with van der Waals surface area (Å²) in [5, 5.41) is 7.79. The molecule has 0 atom stereocenters. The lowest BCUT2D eigenvalue weighted by molar-refractivity contribution is -0.682. The lowest BCUT2D eigenvalue weighted by atomic mass is 10.2. The molecule has 3 heterocycles. The number of hydrogen-bond donors (Lipinski definition) is 0. The number of nitrogens with zero attached hydrogens (tertiary/aromatic N) is 4.